The Morgan fingerprint density at radius 2 is 0.912 bits per heavy atom. The summed E-state index contributed by atoms with van der Waals surface area (Å²) in [6, 6.07) is 42.4. The molecule has 6 amide bonds. The van der Waals surface area contributed by atoms with Crippen LogP contribution in [0.1, 0.15) is 147 Å². The zero-order valence-corrected chi connectivity index (χ0v) is 68.8. The molecule has 0 bridgehead atoms. The minimum atomic E-state index is -1.16. The maximum absolute atomic E-state index is 14.6. The number of ketones is 5. The molecule has 0 saturated carbocycles. The molecule has 0 heterocycles. The molecule has 28 heteroatoms. The minimum Gasteiger partial charge on any atom is -0.480 e. The van der Waals surface area contributed by atoms with Gasteiger partial charge < -0.3 is 63.8 Å². The van der Waals surface area contributed by atoms with E-state index in [1.165, 1.54) is 49.5 Å². The lowest BCUT2D eigenvalue weighted by Gasteiger charge is -2.36. The van der Waals surface area contributed by atoms with E-state index >= 15 is 0 Å². The number of nitrogens with zero attached hydrogens (tertiary/aromatic N) is 4. The van der Waals surface area contributed by atoms with E-state index < -0.39 is 130 Å². The number of nitrogens with two attached hydrogens (primary N) is 3. The van der Waals surface area contributed by atoms with Gasteiger partial charge in [-0.2, -0.15) is 12.6 Å². The Kier molecular flexibility index (Phi) is 41.7. The van der Waals surface area contributed by atoms with E-state index in [4.69, 9.17) is 17.2 Å². The number of aliphatic hydroxyl groups excluding tert-OH is 1. The monoisotopic (exact) mass is 1590 g/mol. The van der Waals surface area contributed by atoms with E-state index in [1.54, 1.807) is 72.9 Å². The fraction of sp³-hybridized carbons (Fsp3) is 0.482. The van der Waals surface area contributed by atoms with Crippen molar-refractivity contribution in [3.63, 3.8) is 0 Å². The zero-order chi connectivity index (χ0) is 83.9. The summed E-state index contributed by atoms with van der Waals surface area (Å²) in [6.07, 6.45) is 1.02. The lowest BCUT2D eigenvalue weighted by molar-refractivity contribution is -0.151. The third-order valence-electron chi connectivity index (χ3n) is 19.7. The van der Waals surface area contributed by atoms with Crippen LogP contribution in [-0.4, -0.2) is 191 Å². The van der Waals surface area contributed by atoms with Gasteiger partial charge in [0.15, 0.2) is 40.8 Å². The summed E-state index contributed by atoms with van der Waals surface area (Å²) >= 11 is 5.67. The second-order valence-corrected chi connectivity index (χ2v) is 30.5. The second kappa shape index (κ2) is 49.4. The minimum absolute atomic E-state index is 0.0366. The first-order valence-electron chi connectivity index (χ1n) is 38.4. The van der Waals surface area contributed by atoms with Crippen molar-refractivity contribution >= 4 is 107 Å². The molecule has 0 radical (unpaired) electrons. The van der Waals surface area contributed by atoms with Crippen LogP contribution in [0, 0.1) is 35.5 Å². The number of aliphatic hydroxyl groups is 1. The van der Waals surface area contributed by atoms with Crippen LogP contribution in [0.2, 0.25) is 0 Å². The molecule has 0 aliphatic carbocycles. The standard InChI is InChI=1S/C52H66N6O7S.C33H52N6O7S/c1-7-38(49(63)58(6)44(50(64)65)31-37-21-12-8-13-22-37)32-46(61)47(35(2)3)57-48(62)39(23-20-30-55-51(53)54-5)33-45(60)43(56-36(4)59)34-66-52(40-24-14-9-15-25-40,41-26-16-10-17-27-41)42-28-18-11-19-29-42;1-6-27(42)26(15-22-11-8-7-9-12-22)39(5)32(46)24(18-40)17-29(44)30(20(2)3)38-31(45)23(13-10-14-36-33(34)35)16-28(43)25(19-47)37-21(4)41/h8-19,21-22,24-29,35,38-39,43-44,47H,7,20,23,30-34H2,1-6H3,(H,56,59)(H,57,62)(H,64,65)(H3,53,54,55);7-9,11-12,20,23-26,30,40,47H,6,10,13-19H2,1-5H3,(H,37,41)(H,38,45)(H4,34,35,36)/t38-,39-,43+,44+,47+;23-,24+,25+,26+,30+/m11/s1. The van der Waals surface area contributed by atoms with Gasteiger partial charge in [-0.15, -0.1) is 11.8 Å². The Hall–Kier alpha value is -10.1. The number of amides is 6. The summed E-state index contributed by atoms with van der Waals surface area (Å²) in [5.41, 5.74) is 21.2. The molecule has 0 spiro atoms. The smallest absolute Gasteiger partial charge is 0.326 e. The maximum Gasteiger partial charge on any atom is 0.326 e. The van der Waals surface area contributed by atoms with Gasteiger partial charge in [0.1, 0.15) is 6.04 Å². The molecule has 0 fully saturated rings. The van der Waals surface area contributed by atoms with Crippen LogP contribution in [0.4, 0.5) is 0 Å². The van der Waals surface area contributed by atoms with Crippen molar-refractivity contribution in [1.29, 1.82) is 0 Å². The first-order valence-corrected chi connectivity index (χ1v) is 40.1. The van der Waals surface area contributed by atoms with Crippen LogP contribution in [0.5, 0.6) is 0 Å². The first kappa shape index (κ1) is 95.3. The predicted octanol–water partition coefficient (Wildman–Crippen LogP) is 7.19. The highest BCUT2D eigenvalue weighted by Gasteiger charge is 2.42. The highest BCUT2D eigenvalue weighted by molar-refractivity contribution is 8.00. The average Bonchev–Trinajstić information content (AvgIpc) is 0.756. The van der Waals surface area contributed by atoms with Gasteiger partial charge in [-0.3, -0.25) is 62.7 Å². The number of likely N-dealkylation sites (N-methyl/N-ethyl adjacent to an activating group) is 2. The predicted molar refractivity (Wildman–Crippen MR) is 445 cm³/mol. The summed E-state index contributed by atoms with van der Waals surface area (Å²) in [7, 11) is 4.47. The van der Waals surface area contributed by atoms with Crippen molar-refractivity contribution in [3.05, 3.63) is 179 Å². The van der Waals surface area contributed by atoms with Crippen LogP contribution in [0.3, 0.4) is 0 Å². The highest BCUT2D eigenvalue weighted by Crippen LogP contribution is 2.49. The number of hydrogen-bond donors (Lipinski definition) is 11. The van der Waals surface area contributed by atoms with Gasteiger partial charge in [-0.1, -0.05) is 193 Å². The Balaban J connectivity index is 0.000000506. The number of Topliss-reactive ketones (excluding diaryl/α,β-unsaturated/α-hetero) is 5. The molecule has 10 atom stereocenters. The van der Waals surface area contributed by atoms with Gasteiger partial charge in [-0.05, 0) is 78.2 Å². The van der Waals surface area contributed by atoms with Gasteiger partial charge in [0.25, 0.3) is 0 Å². The fourth-order valence-electron chi connectivity index (χ4n) is 13.3. The molecule has 26 nitrogen and oxygen atoms in total. The van der Waals surface area contributed by atoms with E-state index in [0.717, 1.165) is 27.8 Å². The first-order chi connectivity index (χ1) is 53.8. The second-order valence-electron chi connectivity index (χ2n) is 28.9. The molecular formula is C85H118N12O14S2. The number of aliphatic imine (C=N–C) groups is 2. The van der Waals surface area contributed by atoms with Crippen LogP contribution in [-0.2, 0) is 75.1 Å². The Labute approximate surface area is 675 Å². The molecule has 0 saturated heterocycles. The molecule has 5 aromatic carbocycles. The van der Waals surface area contributed by atoms with Crippen LogP contribution >= 0.6 is 24.4 Å². The van der Waals surface area contributed by atoms with E-state index in [0.29, 0.717) is 19.4 Å². The normalized spacial score (nSPS) is 14.1. The van der Waals surface area contributed by atoms with Gasteiger partial charge in [-0.25, -0.2) is 4.79 Å². The van der Waals surface area contributed by atoms with Crippen molar-refractivity contribution in [1.82, 2.24) is 36.4 Å². The molecule has 0 aliphatic heterocycles. The Morgan fingerprint density at radius 1 is 0.522 bits per heavy atom. The average molecular weight is 1600 g/mol. The summed E-state index contributed by atoms with van der Waals surface area (Å²) in [4.78, 5) is 171. The molecule has 5 rings (SSSR count). The number of carbonyl (C=O) groups excluding carboxylic acids is 11. The Morgan fingerprint density at radius 3 is 1.30 bits per heavy atom. The largest absolute Gasteiger partial charge is 0.480 e. The summed E-state index contributed by atoms with van der Waals surface area (Å²) < 4.78 is -0.780. The lowest BCUT2D eigenvalue weighted by atomic mass is 9.84. The maximum atomic E-state index is 14.6. The number of guanidine groups is 2. The van der Waals surface area contributed by atoms with Crippen molar-refractivity contribution in [2.45, 2.75) is 173 Å². The number of nitrogens with one attached hydrogen (secondary N) is 5. The van der Waals surface area contributed by atoms with Crippen molar-refractivity contribution in [2.24, 2.45) is 62.7 Å². The number of hydrogen-bond acceptors (Lipinski definition) is 17. The molecule has 0 aromatic heterocycles. The number of thioether (sulfide) groups is 1. The summed E-state index contributed by atoms with van der Waals surface area (Å²) in [5, 5.41) is 34.4. The molecule has 5 aromatic rings. The number of carboxylic acid groups (broad SMARTS) is 1. The Bertz CT molecular complexity index is 3850. The molecule has 0 unspecified atom stereocenters. The van der Waals surface area contributed by atoms with Crippen molar-refractivity contribution in [2.75, 3.05) is 52.3 Å². The lowest BCUT2D eigenvalue weighted by Crippen LogP contribution is -2.50. The van der Waals surface area contributed by atoms with Crippen LogP contribution in [0.25, 0.3) is 0 Å². The molecular weight excluding hydrogens is 1480 g/mol. The number of benzene rings is 5. The van der Waals surface area contributed by atoms with Crippen molar-refractivity contribution in [3.8, 4) is 0 Å². The quantitative estimate of drug-likeness (QED) is 0.00603. The van der Waals surface area contributed by atoms with Crippen molar-refractivity contribution < 1.29 is 67.7 Å². The number of carbonyl (C=O) groups is 12. The molecule has 13 N–H and O–H groups in total. The third-order valence-corrected chi connectivity index (χ3v) is 21.8. The molecule has 614 valence electrons. The van der Waals surface area contributed by atoms with E-state index in [-0.39, 0.29) is 117 Å². The van der Waals surface area contributed by atoms with Gasteiger partial charge >= 0.3 is 5.97 Å². The molecule has 0 aliphatic rings. The van der Waals surface area contributed by atoms with Gasteiger partial charge in [0, 0.05) is 116 Å². The molecule has 113 heavy (non-hydrogen) atoms. The topological polar surface area (TPSA) is 415 Å². The summed E-state index contributed by atoms with van der Waals surface area (Å²) in [6.45, 7) is 13.1. The fourth-order valence-corrected chi connectivity index (χ4v) is 15.2. The summed E-state index contributed by atoms with van der Waals surface area (Å²) in [5.74, 6) is -10.1. The number of carboxylic acids is 1. The van der Waals surface area contributed by atoms with E-state index in [9.17, 15) is 67.7 Å². The van der Waals surface area contributed by atoms with Crippen LogP contribution in [0.15, 0.2) is 162 Å². The van der Waals surface area contributed by atoms with E-state index in [2.05, 4.69) is 85.6 Å². The number of rotatable bonds is 48. The van der Waals surface area contributed by atoms with Crippen LogP contribution < -0.4 is 43.8 Å². The van der Waals surface area contributed by atoms with Gasteiger partial charge in [0.05, 0.1) is 47.5 Å². The number of thiol groups is 1. The number of aliphatic carboxylic acids is 1. The van der Waals surface area contributed by atoms with Gasteiger partial charge in [0.2, 0.25) is 35.4 Å². The highest BCUT2D eigenvalue weighted by atomic mass is 32.2. The zero-order valence-electron chi connectivity index (χ0n) is 67.1. The van der Waals surface area contributed by atoms with E-state index in [1.807, 2.05) is 91.0 Å². The third kappa shape index (κ3) is 30.8. The SMILES string of the molecule is CCC(=O)[C@H](Cc1ccccc1)N(C)C(=O)[C@H](CO)CC(=O)[C@@H](NC(=O)[C@H](CCCN=C(N)N)CC(=O)[C@H](CS)NC(C)=O)C(C)C.CC[C@H](CC(=O)[C@@H](NC(=O)[C@H](CCCNC(N)=NC)CC(=O)[C@H](CSC(c1ccccc1)(c1ccccc1)c1ccccc1)NC(C)=O)C(C)C)C(=O)N(C)[C@@H](Cc1ccccc1)C(=O)O.